The second-order valence-corrected chi connectivity index (χ2v) is 5.21. The number of nitrogens with one attached hydrogen (secondary N) is 1. The molecule has 0 aliphatic heterocycles. The molecule has 0 fully saturated rings. The first kappa shape index (κ1) is 14.2. The molecule has 4 nitrogen and oxygen atoms in total. The average Bonchev–Trinajstić information content (AvgIpc) is 2.72. The summed E-state index contributed by atoms with van der Waals surface area (Å²) in [5.74, 6) is 2.44. The van der Waals surface area contributed by atoms with E-state index in [0.29, 0.717) is 17.9 Å². The second-order valence-electron chi connectivity index (χ2n) is 5.21. The molecule has 1 heterocycles. The molecule has 1 aromatic heterocycles. The SMILES string of the molecule is CCCNC(Cc1nc(C(C)C)no1)C(C)C. The first-order chi connectivity index (χ1) is 8.04. The highest BCUT2D eigenvalue weighted by Crippen LogP contribution is 2.13. The number of hydrogen-bond acceptors (Lipinski definition) is 4. The fourth-order valence-electron chi connectivity index (χ4n) is 1.65. The van der Waals surface area contributed by atoms with Crippen LogP contribution in [0.1, 0.15) is 58.7 Å². The normalized spacial score (nSPS) is 13.6. The van der Waals surface area contributed by atoms with E-state index in [-0.39, 0.29) is 0 Å². The molecule has 0 bridgehead atoms. The van der Waals surface area contributed by atoms with Crippen molar-refractivity contribution in [2.24, 2.45) is 5.92 Å². The molecule has 0 saturated carbocycles. The average molecular weight is 239 g/mol. The third kappa shape index (κ3) is 4.46. The van der Waals surface area contributed by atoms with Crippen LogP contribution in [0.5, 0.6) is 0 Å². The van der Waals surface area contributed by atoms with Crippen LogP contribution in [0, 0.1) is 5.92 Å². The smallest absolute Gasteiger partial charge is 0.228 e. The monoisotopic (exact) mass is 239 g/mol. The summed E-state index contributed by atoms with van der Waals surface area (Å²) < 4.78 is 5.29. The summed E-state index contributed by atoms with van der Waals surface area (Å²) in [6.45, 7) is 11.8. The third-order valence-corrected chi connectivity index (χ3v) is 2.86. The van der Waals surface area contributed by atoms with Crippen molar-refractivity contribution in [3.63, 3.8) is 0 Å². The van der Waals surface area contributed by atoms with Crippen LogP contribution in [-0.2, 0) is 6.42 Å². The van der Waals surface area contributed by atoms with Gasteiger partial charge < -0.3 is 9.84 Å². The highest BCUT2D eigenvalue weighted by Gasteiger charge is 2.17. The lowest BCUT2D eigenvalue weighted by molar-refractivity contribution is 0.324. The summed E-state index contributed by atoms with van der Waals surface area (Å²) in [6.07, 6.45) is 1.96. The lowest BCUT2D eigenvalue weighted by atomic mass is 10.0. The van der Waals surface area contributed by atoms with Crippen LogP contribution < -0.4 is 5.32 Å². The molecule has 98 valence electrons. The van der Waals surface area contributed by atoms with E-state index in [0.717, 1.165) is 31.1 Å². The van der Waals surface area contributed by atoms with E-state index in [1.165, 1.54) is 0 Å². The van der Waals surface area contributed by atoms with Crippen LogP contribution >= 0.6 is 0 Å². The summed E-state index contributed by atoms with van der Waals surface area (Å²) in [7, 11) is 0. The highest BCUT2D eigenvalue weighted by molar-refractivity contribution is 4.94. The Balaban J connectivity index is 2.58. The van der Waals surface area contributed by atoms with Gasteiger partial charge in [0.1, 0.15) is 0 Å². The van der Waals surface area contributed by atoms with E-state index in [1.807, 2.05) is 0 Å². The molecule has 17 heavy (non-hydrogen) atoms. The number of hydrogen-bond donors (Lipinski definition) is 1. The van der Waals surface area contributed by atoms with Crippen molar-refractivity contribution in [2.75, 3.05) is 6.54 Å². The maximum Gasteiger partial charge on any atom is 0.228 e. The van der Waals surface area contributed by atoms with Gasteiger partial charge in [-0.3, -0.25) is 0 Å². The van der Waals surface area contributed by atoms with Crippen LogP contribution in [0.15, 0.2) is 4.52 Å². The Bertz CT molecular complexity index is 320. The van der Waals surface area contributed by atoms with Gasteiger partial charge in [-0.2, -0.15) is 4.98 Å². The molecule has 1 aromatic rings. The minimum absolute atomic E-state index is 0.327. The molecule has 4 heteroatoms. The van der Waals surface area contributed by atoms with Crippen molar-refractivity contribution in [3.05, 3.63) is 11.7 Å². The van der Waals surface area contributed by atoms with Crippen molar-refractivity contribution < 1.29 is 4.52 Å². The third-order valence-electron chi connectivity index (χ3n) is 2.86. The van der Waals surface area contributed by atoms with Crippen LogP contribution in [0.4, 0.5) is 0 Å². The minimum atomic E-state index is 0.327. The van der Waals surface area contributed by atoms with E-state index >= 15 is 0 Å². The van der Waals surface area contributed by atoms with E-state index in [9.17, 15) is 0 Å². The fraction of sp³-hybridized carbons (Fsp3) is 0.846. The van der Waals surface area contributed by atoms with Gasteiger partial charge in [-0.15, -0.1) is 0 Å². The van der Waals surface area contributed by atoms with Gasteiger partial charge in [0.2, 0.25) is 5.89 Å². The standard InChI is InChI=1S/C13H25N3O/c1-6-7-14-11(9(2)3)8-12-15-13(10(4)5)16-17-12/h9-11,14H,6-8H2,1-5H3. The first-order valence-corrected chi connectivity index (χ1v) is 6.60. The van der Waals surface area contributed by atoms with Crippen LogP contribution in [0.3, 0.4) is 0 Å². The predicted molar refractivity (Wildman–Crippen MR) is 69.0 cm³/mol. The van der Waals surface area contributed by atoms with Crippen molar-refractivity contribution in [1.82, 2.24) is 15.5 Å². The molecule has 0 amide bonds. The zero-order valence-corrected chi connectivity index (χ0v) is 11.7. The number of aromatic nitrogens is 2. The highest BCUT2D eigenvalue weighted by atomic mass is 16.5. The van der Waals surface area contributed by atoms with Gasteiger partial charge in [0.15, 0.2) is 5.82 Å². The molecular weight excluding hydrogens is 214 g/mol. The largest absolute Gasteiger partial charge is 0.339 e. The van der Waals surface area contributed by atoms with E-state index in [4.69, 9.17) is 4.52 Å². The molecule has 0 saturated heterocycles. The predicted octanol–water partition coefficient (Wildman–Crippen LogP) is 2.76. The van der Waals surface area contributed by atoms with Crippen molar-refractivity contribution >= 4 is 0 Å². The van der Waals surface area contributed by atoms with Crippen LogP contribution in [0.2, 0.25) is 0 Å². The van der Waals surface area contributed by atoms with E-state index in [1.54, 1.807) is 0 Å². The van der Waals surface area contributed by atoms with E-state index < -0.39 is 0 Å². The Kier molecular flexibility index (Phi) is 5.62. The molecule has 1 N–H and O–H groups in total. The summed E-state index contributed by atoms with van der Waals surface area (Å²) in [5.41, 5.74) is 0. The van der Waals surface area contributed by atoms with Gasteiger partial charge in [0.25, 0.3) is 0 Å². The van der Waals surface area contributed by atoms with Gasteiger partial charge in [-0.1, -0.05) is 39.8 Å². The molecule has 0 aromatic carbocycles. The van der Waals surface area contributed by atoms with Gasteiger partial charge in [-0.25, -0.2) is 0 Å². The molecule has 1 unspecified atom stereocenters. The maximum atomic E-state index is 5.29. The van der Waals surface area contributed by atoms with Gasteiger partial charge >= 0.3 is 0 Å². The van der Waals surface area contributed by atoms with Gasteiger partial charge in [0.05, 0.1) is 0 Å². The molecule has 0 radical (unpaired) electrons. The summed E-state index contributed by atoms with van der Waals surface area (Å²) in [5, 5.41) is 7.52. The van der Waals surface area contributed by atoms with E-state index in [2.05, 4.69) is 50.1 Å². The second kappa shape index (κ2) is 6.74. The summed E-state index contributed by atoms with van der Waals surface area (Å²) in [4.78, 5) is 4.42. The molecule has 1 rings (SSSR count). The zero-order valence-electron chi connectivity index (χ0n) is 11.7. The summed E-state index contributed by atoms with van der Waals surface area (Å²) >= 11 is 0. The maximum absolute atomic E-state index is 5.29. The molecule has 1 atom stereocenters. The van der Waals surface area contributed by atoms with Gasteiger partial charge in [-0.05, 0) is 18.9 Å². The van der Waals surface area contributed by atoms with Crippen LogP contribution in [-0.4, -0.2) is 22.7 Å². The minimum Gasteiger partial charge on any atom is -0.339 e. The van der Waals surface area contributed by atoms with Crippen molar-refractivity contribution in [3.8, 4) is 0 Å². The number of rotatable bonds is 7. The zero-order chi connectivity index (χ0) is 12.8. The molecular formula is C13H25N3O. The topological polar surface area (TPSA) is 51.0 Å². The van der Waals surface area contributed by atoms with Crippen molar-refractivity contribution in [1.29, 1.82) is 0 Å². The Hall–Kier alpha value is -0.900. The van der Waals surface area contributed by atoms with Crippen LogP contribution in [0.25, 0.3) is 0 Å². The molecule has 0 spiro atoms. The Morgan fingerprint density at radius 1 is 1.24 bits per heavy atom. The Morgan fingerprint density at radius 2 is 1.94 bits per heavy atom. The molecule has 0 aliphatic carbocycles. The van der Waals surface area contributed by atoms with Gasteiger partial charge in [0, 0.05) is 18.4 Å². The number of nitrogens with zero attached hydrogens (tertiary/aromatic N) is 2. The lowest BCUT2D eigenvalue weighted by Gasteiger charge is -2.20. The Morgan fingerprint density at radius 3 is 2.41 bits per heavy atom. The fourth-order valence-corrected chi connectivity index (χ4v) is 1.65. The van der Waals surface area contributed by atoms with Crippen molar-refractivity contribution in [2.45, 2.75) is 59.4 Å². The lowest BCUT2D eigenvalue weighted by Crippen LogP contribution is -2.36. The summed E-state index contributed by atoms with van der Waals surface area (Å²) in [6, 6.07) is 0.412. The first-order valence-electron chi connectivity index (χ1n) is 6.60. The molecule has 0 aliphatic rings. The quantitative estimate of drug-likeness (QED) is 0.795. The Labute approximate surface area is 104 Å².